The highest BCUT2D eigenvalue weighted by atomic mass is 31.2. The van der Waals surface area contributed by atoms with E-state index in [0.29, 0.717) is 0 Å². The van der Waals surface area contributed by atoms with Crippen molar-refractivity contribution in [2.75, 3.05) is 14.2 Å². The van der Waals surface area contributed by atoms with Crippen LogP contribution in [0.1, 0.15) is 13.8 Å². The fraction of sp³-hybridized carbons (Fsp3) is 0.625. The van der Waals surface area contributed by atoms with Crippen LogP contribution < -0.4 is 0 Å². The minimum atomic E-state index is -1.34. The van der Waals surface area contributed by atoms with Crippen molar-refractivity contribution >= 4 is 14.4 Å². The average Bonchev–Trinajstić information content (AvgIpc) is 2.10. The van der Waals surface area contributed by atoms with E-state index >= 15 is 0 Å². The van der Waals surface area contributed by atoms with Crippen LogP contribution in [0.25, 0.3) is 0 Å². The van der Waals surface area contributed by atoms with Gasteiger partial charge in [0.25, 0.3) is 0 Å². The van der Waals surface area contributed by atoms with Crippen LogP contribution in [0.2, 0.25) is 0 Å². The average molecular weight is 204 g/mol. The number of carbonyl (C=O) groups excluding carboxylic acids is 1. The highest BCUT2D eigenvalue weighted by Gasteiger charge is 2.10. The Bertz CT molecular complexity index is 214. The van der Waals surface area contributed by atoms with E-state index in [1.165, 1.54) is 21.1 Å². The molecule has 0 N–H and O–H groups in total. The molecule has 0 aromatic heterocycles. The minimum Gasteiger partial charge on any atom is -0.316 e. The molecule has 0 radical (unpaired) electrons. The van der Waals surface area contributed by atoms with Gasteiger partial charge in [-0.15, -0.1) is 0 Å². The van der Waals surface area contributed by atoms with Crippen LogP contribution in [-0.2, 0) is 18.4 Å². The van der Waals surface area contributed by atoms with Crippen LogP contribution in [0.3, 0.4) is 0 Å². The molecule has 0 aromatic carbocycles. The van der Waals surface area contributed by atoms with Gasteiger partial charge >= 0.3 is 8.60 Å². The van der Waals surface area contributed by atoms with Crippen molar-refractivity contribution in [1.29, 1.82) is 0 Å². The Balaban J connectivity index is 3.93. The third kappa shape index (κ3) is 6.68. The maximum absolute atomic E-state index is 10.5. The number of ketones is 1. The van der Waals surface area contributed by atoms with Crippen molar-refractivity contribution in [3.05, 3.63) is 0 Å². The highest BCUT2D eigenvalue weighted by Crippen LogP contribution is 2.38. The molecule has 0 aliphatic heterocycles. The van der Waals surface area contributed by atoms with Crippen LogP contribution in [0.4, 0.5) is 0 Å². The van der Waals surface area contributed by atoms with Crippen molar-refractivity contribution in [3.8, 4) is 11.8 Å². The first-order valence-corrected chi connectivity index (χ1v) is 4.77. The van der Waals surface area contributed by atoms with Gasteiger partial charge in [0, 0.05) is 21.1 Å². The zero-order valence-corrected chi connectivity index (χ0v) is 9.05. The van der Waals surface area contributed by atoms with E-state index in [4.69, 9.17) is 13.6 Å². The molecule has 5 heteroatoms. The normalized spacial score (nSPS) is 12.1. The quantitative estimate of drug-likeness (QED) is 0.395. The summed E-state index contributed by atoms with van der Waals surface area (Å²) in [4.78, 5) is 10.5. The topological polar surface area (TPSA) is 44.8 Å². The number of hydrogen-bond acceptors (Lipinski definition) is 4. The fourth-order valence-corrected chi connectivity index (χ4v) is 1.15. The van der Waals surface area contributed by atoms with Gasteiger partial charge in [-0.05, 0) is 12.8 Å². The van der Waals surface area contributed by atoms with E-state index in [1.807, 2.05) is 0 Å². The SMILES string of the molecule is COP(OC)OC(C)C#CC(C)=O. The second kappa shape index (κ2) is 6.99. The lowest BCUT2D eigenvalue weighted by Crippen LogP contribution is -2.03. The van der Waals surface area contributed by atoms with E-state index in [1.54, 1.807) is 6.92 Å². The molecule has 0 heterocycles. The molecular weight excluding hydrogens is 191 g/mol. The lowest BCUT2D eigenvalue weighted by atomic mass is 10.4. The Morgan fingerprint density at radius 2 is 1.92 bits per heavy atom. The van der Waals surface area contributed by atoms with Crippen molar-refractivity contribution in [2.24, 2.45) is 0 Å². The first-order chi connectivity index (χ1) is 6.10. The van der Waals surface area contributed by atoms with Crippen LogP contribution in [0, 0.1) is 11.8 Å². The van der Waals surface area contributed by atoms with Crippen LogP contribution >= 0.6 is 8.60 Å². The zero-order chi connectivity index (χ0) is 10.3. The third-order valence-corrected chi connectivity index (χ3v) is 2.08. The van der Waals surface area contributed by atoms with E-state index in [-0.39, 0.29) is 11.9 Å². The molecule has 1 unspecified atom stereocenters. The first-order valence-electron chi connectivity index (χ1n) is 3.67. The van der Waals surface area contributed by atoms with Gasteiger partial charge in [-0.2, -0.15) is 0 Å². The molecule has 0 rings (SSSR count). The predicted octanol–water partition coefficient (Wildman–Crippen LogP) is 1.50. The summed E-state index contributed by atoms with van der Waals surface area (Å²) in [6.45, 7) is 3.12. The second-order valence-electron chi connectivity index (χ2n) is 2.16. The Morgan fingerprint density at radius 1 is 1.38 bits per heavy atom. The number of carbonyl (C=O) groups is 1. The molecule has 0 spiro atoms. The zero-order valence-electron chi connectivity index (χ0n) is 8.16. The van der Waals surface area contributed by atoms with E-state index in [9.17, 15) is 4.79 Å². The van der Waals surface area contributed by atoms with Gasteiger partial charge in [-0.25, -0.2) is 0 Å². The minimum absolute atomic E-state index is 0.186. The van der Waals surface area contributed by atoms with Crippen molar-refractivity contribution in [2.45, 2.75) is 20.0 Å². The largest absolute Gasteiger partial charge is 0.333 e. The molecule has 1 atom stereocenters. The molecule has 0 saturated carbocycles. The summed E-state index contributed by atoms with van der Waals surface area (Å²) in [5.41, 5.74) is 0. The van der Waals surface area contributed by atoms with Gasteiger partial charge in [0.05, 0.1) is 0 Å². The number of Topliss-reactive ketones (excluding diaryl/α,β-unsaturated/α-hetero) is 1. The van der Waals surface area contributed by atoms with Crippen molar-refractivity contribution < 1.29 is 18.4 Å². The van der Waals surface area contributed by atoms with Gasteiger partial charge < -0.3 is 9.05 Å². The van der Waals surface area contributed by atoms with Gasteiger partial charge in [0.2, 0.25) is 5.78 Å². The molecular formula is C8H13O4P. The van der Waals surface area contributed by atoms with Crippen LogP contribution in [-0.4, -0.2) is 26.1 Å². The van der Waals surface area contributed by atoms with Gasteiger partial charge in [0.15, 0.2) is 0 Å². The standard InChI is InChI=1S/C8H13O4P/c1-7(9)5-6-8(2)12-13(10-3)11-4/h8H,1-4H3. The first kappa shape index (κ1) is 12.5. The van der Waals surface area contributed by atoms with Crippen molar-refractivity contribution in [3.63, 3.8) is 0 Å². The molecule has 0 aliphatic rings. The maximum atomic E-state index is 10.5. The second-order valence-corrected chi connectivity index (χ2v) is 3.55. The number of hydrogen-bond donors (Lipinski definition) is 0. The summed E-state index contributed by atoms with van der Waals surface area (Å²) in [6, 6.07) is 0. The Hall–Kier alpha value is -0.460. The van der Waals surface area contributed by atoms with Gasteiger partial charge in [-0.3, -0.25) is 9.32 Å². The lowest BCUT2D eigenvalue weighted by molar-refractivity contribution is -0.111. The molecule has 0 aliphatic carbocycles. The number of rotatable bonds is 4. The van der Waals surface area contributed by atoms with E-state index in [2.05, 4.69) is 11.8 Å². The predicted molar refractivity (Wildman–Crippen MR) is 49.9 cm³/mol. The smallest absolute Gasteiger partial charge is 0.316 e. The molecule has 0 saturated heterocycles. The van der Waals surface area contributed by atoms with E-state index in [0.717, 1.165) is 0 Å². The Kier molecular flexibility index (Phi) is 6.75. The molecule has 0 fully saturated rings. The van der Waals surface area contributed by atoms with Gasteiger partial charge in [0.1, 0.15) is 6.10 Å². The van der Waals surface area contributed by atoms with E-state index < -0.39 is 8.60 Å². The van der Waals surface area contributed by atoms with Crippen LogP contribution in [0.5, 0.6) is 0 Å². The summed E-state index contributed by atoms with van der Waals surface area (Å²) in [7, 11) is 1.63. The molecule has 0 bridgehead atoms. The molecule has 0 aromatic rings. The monoisotopic (exact) mass is 204 g/mol. The summed E-state index contributed by atoms with van der Waals surface area (Å²) in [6.07, 6.45) is -0.366. The molecule has 4 nitrogen and oxygen atoms in total. The summed E-state index contributed by atoms with van der Waals surface area (Å²) in [5.74, 6) is 4.81. The fourth-order valence-electron chi connectivity index (χ4n) is 0.519. The van der Waals surface area contributed by atoms with Crippen molar-refractivity contribution in [1.82, 2.24) is 0 Å². The molecule has 74 valence electrons. The highest BCUT2D eigenvalue weighted by molar-refractivity contribution is 7.41. The maximum Gasteiger partial charge on any atom is 0.333 e. The summed E-state index contributed by atoms with van der Waals surface area (Å²) >= 11 is 0. The van der Waals surface area contributed by atoms with Gasteiger partial charge in [-0.1, -0.05) is 5.92 Å². The molecule has 13 heavy (non-hydrogen) atoms. The Morgan fingerprint density at radius 3 is 2.31 bits per heavy atom. The summed E-state index contributed by atoms with van der Waals surface area (Å²) < 4.78 is 14.9. The Labute approximate surface area is 79.6 Å². The third-order valence-electron chi connectivity index (χ3n) is 0.994. The van der Waals surface area contributed by atoms with Crippen LogP contribution in [0.15, 0.2) is 0 Å². The summed E-state index contributed by atoms with van der Waals surface area (Å²) in [5, 5.41) is 0. The molecule has 0 amide bonds. The lowest BCUT2D eigenvalue weighted by Gasteiger charge is -2.13.